The second-order valence-electron chi connectivity index (χ2n) is 7.34. The number of imidazole rings is 1. The molecule has 0 saturated carbocycles. The van der Waals surface area contributed by atoms with E-state index in [9.17, 15) is 9.59 Å². The molecule has 3 amide bonds. The van der Waals surface area contributed by atoms with E-state index >= 15 is 0 Å². The summed E-state index contributed by atoms with van der Waals surface area (Å²) in [6.07, 6.45) is 1.21. The monoisotopic (exact) mass is 371 g/mol. The molecule has 27 heavy (non-hydrogen) atoms. The number of ether oxygens (including phenoxy) is 1. The molecule has 2 fully saturated rings. The number of urea groups is 1. The number of likely N-dealkylation sites (tertiary alicyclic amines) is 1. The fourth-order valence-electron chi connectivity index (χ4n) is 4.11. The predicted octanol–water partition coefficient (Wildman–Crippen LogP) is 2.68. The number of rotatable bonds is 3. The quantitative estimate of drug-likeness (QED) is 0.900. The summed E-state index contributed by atoms with van der Waals surface area (Å²) in [6.45, 7) is 6.57. The number of fused-ring (bicyclic) bond motifs is 1. The number of anilines is 1. The van der Waals surface area contributed by atoms with Gasteiger partial charge in [-0.15, -0.1) is 0 Å². The maximum atomic E-state index is 12.7. The minimum absolute atomic E-state index is 0.178. The number of hydrogen-bond donors (Lipinski definition) is 1. The number of likely N-dealkylation sites (N-methyl/N-ethyl adjacent to an activating group) is 1. The molecule has 8 nitrogen and oxygen atoms in total. The zero-order valence-electron chi connectivity index (χ0n) is 16.0. The van der Waals surface area contributed by atoms with Crippen LogP contribution in [0.25, 0.3) is 11.0 Å². The maximum absolute atomic E-state index is 12.7. The number of nitrogens with zero attached hydrogens (tertiary/aromatic N) is 4. The van der Waals surface area contributed by atoms with Crippen LogP contribution >= 0.6 is 0 Å². The molecular formula is C19H25N5O3. The summed E-state index contributed by atoms with van der Waals surface area (Å²) in [5, 5.41) is 2.95. The lowest BCUT2D eigenvalue weighted by Gasteiger charge is -2.22. The third-order valence-corrected chi connectivity index (χ3v) is 5.46. The van der Waals surface area contributed by atoms with E-state index in [0.29, 0.717) is 26.1 Å². The molecule has 2 saturated heterocycles. The smallest absolute Gasteiger partial charge is 0.410 e. The van der Waals surface area contributed by atoms with Crippen LogP contribution < -0.4 is 5.32 Å². The van der Waals surface area contributed by atoms with Crippen molar-refractivity contribution < 1.29 is 14.3 Å². The molecule has 144 valence electrons. The zero-order chi connectivity index (χ0) is 19.2. The number of carbonyl (C=O) groups excluding carboxylic acids is 2. The number of amides is 3. The van der Waals surface area contributed by atoms with Gasteiger partial charge in [0.15, 0.2) is 5.60 Å². The van der Waals surface area contributed by atoms with Crippen LogP contribution in [-0.4, -0.2) is 63.8 Å². The summed E-state index contributed by atoms with van der Waals surface area (Å²) in [4.78, 5) is 32.3. The Hall–Kier alpha value is -2.77. The van der Waals surface area contributed by atoms with Crippen molar-refractivity contribution in [3.05, 3.63) is 24.0 Å². The van der Waals surface area contributed by atoms with Crippen molar-refractivity contribution >= 4 is 28.8 Å². The highest BCUT2D eigenvalue weighted by atomic mass is 16.6. The molecule has 0 aliphatic carbocycles. The number of aryl methyl sites for hydroxylation is 2. The molecule has 1 atom stereocenters. The van der Waals surface area contributed by atoms with Crippen LogP contribution in [0.2, 0.25) is 0 Å². The van der Waals surface area contributed by atoms with Gasteiger partial charge in [0.25, 0.3) is 0 Å². The van der Waals surface area contributed by atoms with Crippen molar-refractivity contribution in [1.29, 1.82) is 0 Å². The molecule has 8 heteroatoms. The number of carbonyl (C=O) groups is 2. The number of benzene rings is 1. The van der Waals surface area contributed by atoms with E-state index in [1.807, 2.05) is 18.2 Å². The first kappa shape index (κ1) is 17.6. The van der Waals surface area contributed by atoms with E-state index < -0.39 is 5.60 Å². The van der Waals surface area contributed by atoms with E-state index in [4.69, 9.17) is 4.74 Å². The van der Waals surface area contributed by atoms with Crippen LogP contribution in [-0.2, 0) is 17.7 Å². The minimum Gasteiger partial charge on any atom is -0.439 e. The Morgan fingerprint density at radius 1 is 1.33 bits per heavy atom. The van der Waals surface area contributed by atoms with Gasteiger partial charge in [-0.3, -0.25) is 0 Å². The predicted molar refractivity (Wildman–Crippen MR) is 102 cm³/mol. The van der Waals surface area contributed by atoms with E-state index in [-0.39, 0.29) is 12.1 Å². The molecular weight excluding hydrogens is 346 g/mol. The standard InChI is InChI=1S/C19H25N5O3/c1-4-16-21-14-10-13(6-7-15(14)24(16)5-2)20-17(25)23-9-8-19(12-23)11-22(3)18(26)27-19/h6-7,10H,4-5,8-9,11-12H2,1-3H3,(H,20,25)/t19-/m1/s1. The Bertz CT molecular complexity index is 908. The maximum Gasteiger partial charge on any atom is 0.410 e. The van der Waals surface area contributed by atoms with Gasteiger partial charge < -0.3 is 24.4 Å². The number of aromatic nitrogens is 2. The minimum atomic E-state index is -0.566. The van der Waals surface area contributed by atoms with Crippen molar-refractivity contribution in [3.8, 4) is 0 Å². The van der Waals surface area contributed by atoms with Crippen molar-refractivity contribution in [1.82, 2.24) is 19.4 Å². The second-order valence-corrected chi connectivity index (χ2v) is 7.34. The van der Waals surface area contributed by atoms with E-state index in [0.717, 1.165) is 35.5 Å². The van der Waals surface area contributed by atoms with Crippen molar-refractivity contribution in [2.45, 2.75) is 38.8 Å². The molecule has 4 rings (SSSR count). The summed E-state index contributed by atoms with van der Waals surface area (Å²) in [5.41, 5.74) is 2.12. The molecule has 1 aromatic carbocycles. The average molecular weight is 371 g/mol. The van der Waals surface area contributed by atoms with Crippen molar-refractivity contribution in [3.63, 3.8) is 0 Å². The fraction of sp³-hybridized carbons (Fsp3) is 0.526. The fourth-order valence-corrected chi connectivity index (χ4v) is 4.11. The summed E-state index contributed by atoms with van der Waals surface area (Å²) >= 11 is 0. The van der Waals surface area contributed by atoms with Gasteiger partial charge in [-0.05, 0) is 25.1 Å². The Kier molecular flexibility index (Phi) is 4.20. The molecule has 3 heterocycles. The van der Waals surface area contributed by atoms with E-state index in [1.165, 1.54) is 0 Å². The SMILES string of the molecule is CCc1nc2cc(NC(=O)N3CC[C@@]4(CN(C)C(=O)O4)C3)ccc2n1CC. The average Bonchev–Trinajstić information content (AvgIpc) is 3.29. The highest BCUT2D eigenvalue weighted by molar-refractivity contribution is 5.92. The lowest BCUT2D eigenvalue weighted by molar-refractivity contribution is 0.0663. The Balaban J connectivity index is 1.48. The highest BCUT2D eigenvalue weighted by Gasteiger charge is 2.49. The van der Waals surface area contributed by atoms with Crippen LogP contribution in [0.1, 0.15) is 26.1 Å². The van der Waals surface area contributed by atoms with Crippen LogP contribution in [0.5, 0.6) is 0 Å². The highest BCUT2D eigenvalue weighted by Crippen LogP contribution is 2.32. The Morgan fingerprint density at radius 2 is 2.15 bits per heavy atom. The van der Waals surface area contributed by atoms with Gasteiger partial charge in [-0.25, -0.2) is 14.6 Å². The molecule has 1 aromatic heterocycles. The summed E-state index contributed by atoms with van der Waals surface area (Å²) in [5.74, 6) is 1.05. The molecule has 1 spiro atoms. The van der Waals surface area contributed by atoms with Gasteiger partial charge in [-0.2, -0.15) is 0 Å². The molecule has 2 aliphatic rings. The summed E-state index contributed by atoms with van der Waals surface area (Å²) < 4.78 is 7.69. The van der Waals surface area contributed by atoms with Crippen LogP contribution in [0, 0.1) is 0 Å². The van der Waals surface area contributed by atoms with Gasteiger partial charge >= 0.3 is 12.1 Å². The van der Waals surface area contributed by atoms with Crippen molar-refractivity contribution in [2.24, 2.45) is 0 Å². The largest absolute Gasteiger partial charge is 0.439 e. The van der Waals surface area contributed by atoms with Gasteiger partial charge in [0.05, 0.1) is 24.1 Å². The zero-order valence-corrected chi connectivity index (χ0v) is 16.0. The van der Waals surface area contributed by atoms with Gasteiger partial charge in [-0.1, -0.05) is 6.92 Å². The van der Waals surface area contributed by atoms with Gasteiger partial charge in [0.1, 0.15) is 5.82 Å². The second kappa shape index (κ2) is 6.44. The molecule has 0 unspecified atom stereocenters. The topological polar surface area (TPSA) is 79.7 Å². The first-order valence-corrected chi connectivity index (χ1v) is 9.44. The van der Waals surface area contributed by atoms with E-state index in [1.54, 1.807) is 16.8 Å². The first-order chi connectivity index (χ1) is 12.9. The first-order valence-electron chi connectivity index (χ1n) is 9.44. The third kappa shape index (κ3) is 2.98. The molecule has 0 radical (unpaired) electrons. The summed E-state index contributed by atoms with van der Waals surface area (Å²) in [6, 6.07) is 5.64. The Morgan fingerprint density at radius 3 is 2.81 bits per heavy atom. The van der Waals surface area contributed by atoms with Crippen molar-refractivity contribution in [2.75, 3.05) is 32.0 Å². The normalized spacial score (nSPS) is 22.1. The number of hydrogen-bond acceptors (Lipinski definition) is 4. The van der Waals surface area contributed by atoms with Gasteiger partial charge in [0.2, 0.25) is 0 Å². The van der Waals surface area contributed by atoms with E-state index in [2.05, 4.69) is 28.7 Å². The van der Waals surface area contributed by atoms with Crippen LogP contribution in [0.3, 0.4) is 0 Å². The Labute approximate surface area is 158 Å². The van der Waals surface area contributed by atoms with Gasteiger partial charge in [0, 0.05) is 38.7 Å². The molecule has 2 aromatic rings. The molecule has 0 bridgehead atoms. The lowest BCUT2D eigenvalue weighted by atomic mass is 10.0. The van der Waals surface area contributed by atoms with Crippen LogP contribution in [0.15, 0.2) is 18.2 Å². The third-order valence-electron chi connectivity index (χ3n) is 5.46. The lowest BCUT2D eigenvalue weighted by Crippen LogP contribution is -2.40. The summed E-state index contributed by atoms with van der Waals surface area (Å²) in [7, 11) is 1.72. The van der Waals surface area contributed by atoms with Crippen LogP contribution in [0.4, 0.5) is 15.3 Å². The molecule has 1 N–H and O–H groups in total. The molecule has 2 aliphatic heterocycles. The number of nitrogens with one attached hydrogen (secondary N) is 1.